The van der Waals surface area contributed by atoms with Gasteiger partial charge in [-0.2, -0.15) is 0 Å². The van der Waals surface area contributed by atoms with Crippen LogP contribution in [0.15, 0.2) is 64.2 Å². The smallest absolute Gasteiger partial charge is 0.335 e. The van der Waals surface area contributed by atoms with Gasteiger partial charge in [0, 0.05) is 0 Å². The fourth-order valence-corrected chi connectivity index (χ4v) is 2.94. The monoisotopic (exact) mass is 422 g/mol. The standard InChI is InChI=1S/C23H22N2O6/c1-3-30-17-10-5-15(6-11-17)7-14-19(26)20-21(27)24-23(29)25(22(20)28)16-8-12-18(13-9-16)31-4-2/h5-14,28H,3-4H2,1-2H3,(H,24,27,29). The highest BCUT2D eigenvalue weighted by Crippen LogP contribution is 2.20. The first kappa shape index (κ1) is 21.6. The van der Waals surface area contributed by atoms with Crippen LogP contribution in [0.1, 0.15) is 29.8 Å². The van der Waals surface area contributed by atoms with Gasteiger partial charge in [-0.3, -0.25) is 14.6 Å². The molecule has 0 bridgehead atoms. The normalized spacial score (nSPS) is 10.9. The van der Waals surface area contributed by atoms with E-state index in [-0.39, 0.29) is 5.69 Å². The van der Waals surface area contributed by atoms with E-state index in [0.717, 1.165) is 10.6 Å². The van der Waals surface area contributed by atoms with Gasteiger partial charge in [-0.15, -0.1) is 0 Å². The molecule has 0 spiro atoms. The number of nitrogens with one attached hydrogen (secondary N) is 1. The molecule has 0 saturated heterocycles. The van der Waals surface area contributed by atoms with Gasteiger partial charge in [-0.1, -0.05) is 18.2 Å². The second-order valence-corrected chi connectivity index (χ2v) is 6.42. The Kier molecular flexibility index (Phi) is 6.71. The largest absolute Gasteiger partial charge is 0.494 e. The van der Waals surface area contributed by atoms with Crippen LogP contribution in [-0.2, 0) is 0 Å². The first-order valence-corrected chi connectivity index (χ1v) is 9.71. The minimum Gasteiger partial charge on any atom is -0.494 e. The predicted molar refractivity (Wildman–Crippen MR) is 116 cm³/mol. The van der Waals surface area contributed by atoms with Gasteiger partial charge < -0.3 is 14.6 Å². The average molecular weight is 422 g/mol. The lowest BCUT2D eigenvalue weighted by Crippen LogP contribution is -2.32. The highest BCUT2D eigenvalue weighted by Gasteiger charge is 2.20. The van der Waals surface area contributed by atoms with Crippen molar-refractivity contribution >= 4 is 11.9 Å². The van der Waals surface area contributed by atoms with Crippen molar-refractivity contribution in [3.63, 3.8) is 0 Å². The molecule has 8 heteroatoms. The molecule has 1 heterocycles. The van der Waals surface area contributed by atoms with Crippen LogP contribution in [-0.4, -0.2) is 33.7 Å². The molecule has 0 atom stereocenters. The van der Waals surface area contributed by atoms with Gasteiger partial charge in [0.15, 0.2) is 5.78 Å². The summed E-state index contributed by atoms with van der Waals surface area (Å²) in [6.45, 7) is 4.73. The summed E-state index contributed by atoms with van der Waals surface area (Å²) in [7, 11) is 0. The fourth-order valence-electron chi connectivity index (χ4n) is 2.94. The minimum absolute atomic E-state index is 0.270. The maximum atomic E-state index is 12.6. The van der Waals surface area contributed by atoms with Gasteiger partial charge in [-0.25, -0.2) is 9.36 Å². The number of ketones is 1. The first-order chi connectivity index (χ1) is 14.9. The Labute approximate surface area is 178 Å². The van der Waals surface area contributed by atoms with E-state index >= 15 is 0 Å². The number of nitrogens with zero attached hydrogens (tertiary/aromatic N) is 1. The van der Waals surface area contributed by atoms with E-state index in [1.54, 1.807) is 36.4 Å². The Balaban J connectivity index is 1.93. The SMILES string of the molecule is CCOc1ccc(C=CC(=O)c2c(O)n(-c3ccc(OCC)cc3)c(=O)[nH]c2=O)cc1. The second-order valence-electron chi connectivity index (χ2n) is 6.42. The number of hydrogen-bond acceptors (Lipinski definition) is 6. The van der Waals surface area contributed by atoms with Crippen molar-refractivity contribution < 1.29 is 19.4 Å². The number of allylic oxidation sites excluding steroid dienone is 1. The lowest BCUT2D eigenvalue weighted by atomic mass is 10.1. The van der Waals surface area contributed by atoms with E-state index < -0.39 is 28.5 Å². The molecule has 8 nitrogen and oxygen atoms in total. The van der Waals surface area contributed by atoms with E-state index in [2.05, 4.69) is 4.98 Å². The zero-order chi connectivity index (χ0) is 22.4. The van der Waals surface area contributed by atoms with Crippen molar-refractivity contribution in [2.75, 3.05) is 13.2 Å². The lowest BCUT2D eigenvalue weighted by molar-refractivity contribution is 0.104. The van der Waals surface area contributed by atoms with Crippen molar-refractivity contribution in [3.8, 4) is 23.1 Å². The van der Waals surface area contributed by atoms with E-state index in [0.29, 0.717) is 30.3 Å². The molecule has 0 aliphatic heterocycles. The summed E-state index contributed by atoms with van der Waals surface area (Å²) in [5, 5.41) is 10.6. The Hall–Kier alpha value is -4.07. The van der Waals surface area contributed by atoms with Crippen LogP contribution < -0.4 is 20.7 Å². The molecule has 0 unspecified atom stereocenters. The Morgan fingerprint density at radius 3 is 2.06 bits per heavy atom. The van der Waals surface area contributed by atoms with Crippen molar-refractivity contribution in [1.82, 2.24) is 9.55 Å². The molecule has 0 aliphatic rings. The van der Waals surface area contributed by atoms with E-state index in [4.69, 9.17) is 9.47 Å². The number of carbonyl (C=O) groups excluding carboxylic acids is 1. The molecule has 160 valence electrons. The maximum absolute atomic E-state index is 12.6. The summed E-state index contributed by atoms with van der Waals surface area (Å²) in [6.07, 6.45) is 2.66. The number of aromatic nitrogens is 2. The number of aromatic amines is 1. The molecule has 0 aliphatic carbocycles. The number of hydrogen-bond donors (Lipinski definition) is 2. The minimum atomic E-state index is -0.967. The third-order valence-electron chi connectivity index (χ3n) is 4.36. The Morgan fingerprint density at radius 2 is 1.52 bits per heavy atom. The van der Waals surface area contributed by atoms with Crippen LogP contribution >= 0.6 is 0 Å². The zero-order valence-corrected chi connectivity index (χ0v) is 17.1. The Bertz CT molecular complexity index is 1200. The van der Waals surface area contributed by atoms with Crippen LogP contribution in [0, 0.1) is 0 Å². The van der Waals surface area contributed by atoms with Gasteiger partial charge in [0.2, 0.25) is 5.88 Å². The maximum Gasteiger partial charge on any atom is 0.335 e. The van der Waals surface area contributed by atoms with Crippen LogP contribution in [0.2, 0.25) is 0 Å². The summed E-state index contributed by atoms with van der Waals surface area (Å²) in [4.78, 5) is 39.2. The number of rotatable bonds is 8. The molecule has 1 aromatic heterocycles. The van der Waals surface area contributed by atoms with Crippen LogP contribution in [0.5, 0.6) is 17.4 Å². The zero-order valence-electron chi connectivity index (χ0n) is 17.1. The van der Waals surface area contributed by atoms with Crippen LogP contribution in [0.4, 0.5) is 0 Å². The molecule has 0 saturated carbocycles. The number of aromatic hydroxyl groups is 1. The first-order valence-electron chi connectivity index (χ1n) is 9.71. The molecular weight excluding hydrogens is 400 g/mol. The highest BCUT2D eigenvalue weighted by molar-refractivity contribution is 6.08. The molecule has 2 N–H and O–H groups in total. The Morgan fingerprint density at radius 1 is 0.968 bits per heavy atom. The topological polar surface area (TPSA) is 111 Å². The molecule has 3 aromatic rings. The predicted octanol–water partition coefficient (Wildman–Crippen LogP) is 2.92. The summed E-state index contributed by atoms with van der Waals surface area (Å²) >= 11 is 0. The molecule has 3 rings (SSSR count). The van der Waals surface area contributed by atoms with E-state index in [1.165, 1.54) is 18.2 Å². The third-order valence-corrected chi connectivity index (χ3v) is 4.36. The van der Waals surface area contributed by atoms with E-state index in [1.807, 2.05) is 13.8 Å². The molecule has 0 amide bonds. The number of H-pyrrole nitrogens is 1. The third kappa shape index (κ3) is 4.92. The van der Waals surface area contributed by atoms with Gasteiger partial charge in [0.25, 0.3) is 5.56 Å². The van der Waals surface area contributed by atoms with E-state index in [9.17, 15) is 19.5 Å². The summed E-state index contributed by atoms with van der Waals surface area (Å²) in [6, 6.07) is 13.3. The van der Waals surface area contributed by atoms with Gasteiger partial charge in [-0.05, 0) is 61.9 Å². The highest BCUT2D eigenvalue weighted by atomic mass is 16.5. The second kappa shape index (κ2) is 9.62. The summed E-state index contributed by atoms with van der Waals surface area (Å²) < 4.78 is 11.6. The molecular formula is C23H22N2O6. The molecule has 0 radical (unpaired) electrons. The average Bonchev–Trinajstić information content (AvgIpc) is 2.74. The van der Waals surface area contributed by atoms with Crippen LogP contribution in [0.25, 0.3) is 11.8 Å². The molecule has 0 fully saturated rings. The summed E-state index contributed by atoms with van der Waals surface area (Å²) in [5.41, 5.74) is -1.39. The summed E-state index contributed by atoms with van der Waals surface area (Å²) in [5.74, 6) is -0.202. The molecule has 2 aromatic carbocycles. The fraction of sp³-hybridized carbons (Fsp3) is 0.174. The van der Waals surface area contributed by atoms with Crippen molar-refractivity contribution in [3.05, 3.63) is 86.6 Å². The quantitative estimate of drug-likeness (QED) is 0.427. The van der Waals surface area contributed by atoms with Gasteiger partial charge >= 0.3 is 5.69 Å². The molecule has 31 heavy (non-hydrogen) atoms. The number of carbonyl (C=O) groups is 1. The van der Waals surface area contributed by atoms with Gasteiger partial charge in [0.1, 0.15) is 17.1 Å². The lowest BCUT2D eigenvalue weighted by Gasteiger charge is -2.11. The van der Waals surface area contributed by atoms with Crippen molar-refractivity contribution in [2.45, 2.75) is 13.8 Å². The van der Waals surface area contributed by atoms with Crippen LogP contribution in [0.3, 0.4) is 0 Å². The number of ether oxygens (including phenoxy) is 2. The van der Waals surface area contributed by atoms with Gasteiger partial charge in [0.05, 0.1) is 18.9 Å². The number of benzene rings is 2. The van der Waals surface area contributed by atoms with Crippen molar-refractivity contribution in [2.24, 2.45) is 0 Å². The van der Waals surface area contributed by atoms with Crippen molar-refractivity contribution in [1.29, 1.82) is 0 Å².